The van der Waals surface area contributed by atoms with E-state index in [2.05, 4.69) is 0 Å². The molecule has 1 saturated heterocycles. The lowest BCUT2D eigenvalue weighted by atomic mass is 10.1. The molecule has 5 heteroatoms. The number of benzene rings is 1. The Balaban J connectivity index is 2.37. The number of rotatable bonds is 2. The highest BCUT2D eigenvalue weighted by molar-refractivity contribution is 5.94. The van der Waals surface area contributed by atoms with Crippen LogP contribution in [-0.4, -0.2) is 36.9 Å². The van der Waals surface area contributed by atoms with Gasteiger partial charge in [0.05, 0.1) is 11.8 Å². The van der Waals surface area contributed by atoms with Crippen LogP contribution in [0.4, 0.5) is 10.1 Å². The summed E-state index contributed by atoms with van der Waals surface area (Å²) in [4.78, 5) is 13.0. The maximum absolute atomic E-state index is 13.6. The highest BCUT2D eigenvalue weighted by atomic mass is 19.1. The fourth-order valence-corrected chi connectivity index (χ4v) is 2.20. The van der Waals surface area contributed by atoms with Crippen molar-refractivity contribution in [2.24, 2.45) is 0 Å². The number of nitrogens with zero attached hydrogens (tertiary/aromatic N) is 1. The second-order valence-corrected chi connectivity index (χ2v) is 4.42. The highest BCUT2D eigenvalue weighted by Gasteiger charge is 2.22. The summed E-state index contributed by atoms with van der Waals surface area (Å²) in [6.07, 6.45) is 0.817. The van der Waals surface area contributed by atoms with Crippen LogP contribution < -0.4 is 4.90 Å². The Morgan fingerprint density at radius 2 is 2.33 bits per heavy atom. The predicted molar refractivity (Wildman–Crippen MR) is 65.6 cm³/mol. The molecule has 0 aromatic heterocycles. The average Bonchev–Trinajstić information content (AvgIpc) is 2.53. The van der Waals surface area contributed by atoms with Crippen molar-refractivity contribution in [3.05, 3.63) is 29.6 Å². The van der Waals surface area contributed by atoms with Crippen LogP contribution in [0.1, 0.15) is 23.7 Å². The number of carboxylic acids is 1. The molecule has 0 saturated carbocycles. The van der Waals surface area contributed by atoms with Crippen molar-refractivity contribution in [1.29, 1.82) is 0 Å². The van der Waals surface area contributed by atoms with Gasteiger partial charge in [0, 0.05) is 19.7 Å². The van der Waals surface area contributed by atoms with Crippen molar-refractivity contribution in [3.8, 4) is 0 Å². The molecule has 0 aliphatic carbocycles. The van der Waals surface area contributed by atoms with E-state index in [1.165, 1.54) is 12.1 Å². The van der Waals surface area contributed by atoms with E-state index in [1.54, 1.807) is 6.07 Å². The SMILES string of the molecule is CC1CN(c2cccc(F)c2C(=O)O)CCCO1. The number of hydrogen-bond donors (Lipinski definition) is 1. The molecular formula is C13H16FNO3. The van der Waals surface area contributed by atoms with Crippen LogP contribution in [0, 0.1) is 5.82 Å². The number of ether oxygens (including phenoxy) is 1. The third kappa shape index (κ3) is 2.61. The number of carboxylic acid groups (broad SMARTS) is 1. The van der Waals surface area contributed by atoms with E-state index in [-0.39, 0.29) is 11.7 Å². The van der Waals surface area contributed by atoms with E-state index in [0.29, 0.717) is 25.4 Å². The predicted octanol–water partition coefficient (Wildman–Crippen LogP) is 2.14. The van der Waals surface area contributed by atoms with Gasteiger partial charge in [0.25, 0.3) is 0 Å². The maximum Gasteiger partial charge on any atom is 0.340 e. The summed E-state index contributed by atoms with van der Waals surface area (Å²) in [7, 11) is 0. The molecular weight excluding hydrogens is 237 g/mol. The summed E-state index contributed by atoms with van der Waals surface area (Å²) in [5.74, 6) is -1.93. The maximum atomic E-state index is 13.6. The molecule has 0 bridgehead atoms. The molecule has 1 aromatic rings. The Labute approximate surface area is 105 Å². The molecule has 0 spiro atoms. The van der Waals surface area contributed by atoms with Gasteiger partial charge in [-0.25, -0.2) is 9.18 Å². The van der Waals surface area contributed by atoms with Crippen LogP contribution in [0.15, 0.2) is 18.2 Å². The Bertz CT molecular complexity index is 450. The first-order valence-corrected chi connectivity index (χ1v) is 5.98. The number of aromatic carboxylic acids is 1. The zero-order chi connectivity index (χ0) is 13.1. The van der Waals surface area contributed by atoms with Crippen molar-refractivity contribution < 1.29 is 19.0 Å². The van der Waals surface area contributed by atoms with E-state index >= 15 is 0 Å². The molecule has 2 rings (SSSR count). The van der Waals surface area contributed by atoms with Crippen molar-refractivity contribution in [2.75, 3.05) is 24.6 Å². The van der Waals surface area contributed by atoms with Gasteiger partial charge < -0.3 is 14.7 Å². The summed E-state index contributed by atoms with van der Waals surface area (Å²) in [6, 6.07) is 4.35. The lowest BCUT2D eigenvalue weighted by Gasteiger charge is -2.25. The van der Waals surface area contributed by atoms with Gasteiger partial charge in [0.1, 0.15) is 11.4 Å². The van der Waals surface area contributed by atoms with E-state index in [4.69, 9.17) is 9.84 Å². The van der Waals surface area contributed by atoms with Crippen molar-refractivity contribution in [3.63, 3.8) is 0 Å². The third-order valence-electron chi connectivity index (χ3n) is 3.00. The first kappa shape index (κ1) is 12.8. The van der Waals surface area contributed by atoms with Gasteiger partial charge in [-0.3, -0.25) is 0 Å². The summed E-state index contributed by atoms with van der Waals surface area (Å²) >= 11 is 0. The number of hydrogen-bond acceptors (Lipinski definition) is 3. The Morgan fingerprint density at radius 3 is 3.06 bits per heavy atom. The lowest BCUT2D eigenvalue weighted by Crippen LogP contribution is -2.31. The summed E-state index contributed by atoms with van der Waals surface area (Å²) < 4.78 is 19.1. The minimum atomic E-state index is -1.24. The van der Waals surface area contributed by atoms with Crippen LogP contribution >= 0.6 is 0 Å². The monoisotopic (exact) mass is 253 g/mol. The minimum absolute atomic E-state index is 0.0115. The molecule has 1 N–H and O–H groups in total. The lowest BCUT2D eigenvalue weighted by molar-refractivity contribution is 0.0691. The Morgan fingerprint density at radius 1 is 1.56 bits per heavy atom. The summed E-state index contributed by atoms with van der Waals surface area (Å²) in [6.45, 7) is 3.82. The Kier molecular flexibility index (Phi) is 3.81. The van der Waals surface area contributed by atoms with Crippen molar-refractivity contribution >= 4 is 11.7 Å². The molecule has 1 aliphatic heterocycles. The van der Waals surface area contributed by atoms with Gasteiger partial charge in [-0.15, -0.1) is 0 Å². The highest BCUT2D eigenvalue weighted by Crippen LogP contribution is 2.25. The first-order chi connectivity index (χ1) is 8.59. The standard InChI is InChI=1S/C13H16FNO3/c1-9-8-15(6-3-7-18-9)11-5-2-4-10(14)12(11)13(16)17/h2,4-5,9H,3,6-8H2,1H3,(H,16,17). The van der Waals surface area contributed by atoms with Gasteiger partial charge in [-0.05, 0) is 25.5 Å². The molecule has 1 atom stereocenters. The quantitative estimate of drug-likeness (QED) is 0.877. The van der Waals surface area contributed by atoms with Crippen LogP contribution in [0.5, 0.6) is 0 Å². The van der Waals surface area contributed by atoms with Gasteiger partial charge in [-0.1, -0.05) is 6.07 Å². The number of anilines is 1. The normalized spacial score (nSPS) is 20.6. The minimum Gasteiger partial charge on any atom is -0.478 e. The van der Waals surface area contributed by atoms with Gasteiger partial charge >= 0.3 is 5.97 Å². The second-order valence-electron chi connectivity index (χ2n) is 4.42. The van der Waals surface area contributed by atoms with Gasteiger partial charge in [0.2, 0.25) is 0 Å². The number of carbonyl (C=O) groups is 1. The molecule has 0 radical (unpaired) electrons. The van der Waals surface area contributed by atoms with Crippen LogP contribution in [-0.2, 0) is 4.74 Å². The van der Waals surface area contributed by atoms with E-state index in [1.807, 2.05) is 11.8 Å². The molecule has 0 amide bonds. The van der Waals surface area contributed by atoms with E-state index in [0.717, 1.165) is 6.42 Å². The molecule has 1 unspecified atom stereocenters. The topological polar surface area (TPSA) is 49.8 Å². The second kappa shape index (κ2) is 5.35. The smallest absolute Gasteiger partial charge is 0.340 e. The van der Waals surface area contributed by atoms with Crippen molar-refractivity contribution in [1.82, 2.24) is 0 Å². The van der Waals surface area contributed by atoms with Gasteiger partial charge in [0.15, 0.2) is 0 Å². The van der Waals surface area contributed by atoms with E-state index in [9.17, 15) is 9.18 Å². The molecule has 1 aliphatic rings. The summed E-state index contributed by atoms with van der Waals surface area (Å²) in [5, 5.41) is 9.12. The first-order valence-electron chi connectivity index (χ1n) is 5.98. The molecule has 18 heavy (non-hydrogen) atoms. The third-order valence-corrected chi connectivity index (χ3v) is 3.00. The van der Waals surface area contributed by atoms with E-state index < -0.39 is 11.8 Å². The average molecular weight is 253 g/mol. The van der Waals surface area contributed by atoms with Crippen LogP contribution in [0.2, 0.25) is 0 Å². The molecule has 1 aromatic carbocycles. The van der Waals surface area contributed by atoms with Crippen molar-refractivity contribution in [2.45, 2.75) is 19.4 Å². The zero-order valence-corrected chi connectivity index (χ0v) is 10.2. The van der Waals surface area contributed by atoms with Crippen LogP contribution in [0.25, 0.3) is 0 Å². The largest absolute Gasteiger partial charge is 0.478 e. The fraction of sp³-hybridized carbons (Fsp3) is 0.462. The summed E-state index contributed by atoms with van der Waals surface area (Å²) in [5.41, 5.74) is 0.173. The van der Waals surface area contributed by atoms with Gasteiger partial charge in [-0.2, -0.15) is 0 Å². The molecule has 4 nitrogen and oxygen atoms in total. The molecule has 1 heterocycles. The Hall–Kier alpha value is -1.62. The number of halogens is 1. The fourth-order valence-electron chi connectivity index (χ4n) is 2.20. The molecule has 1 fully saturated rings. The van der Waals surface area contributed by atoms with Crippen LogP contribution in [0.3, 0.4) is 0 Å². The zero-order valence-electron chi connectivity index (χ0n) is 10.2. The molecule has 98 valence electrons.